The molecule has 2 heteroatoms. The third-order valence-corrected chi connectivity index (χ3v) is 3.05. The summed E-state index contributed by atoms with van der Waals surface area (Å²) in [5.74, 6) is 0.280. The molecule has 0 fully saturated rings. The second kappa shape index (κ2) is 5.05. The molecule has 2 aromatic carbocycles. The van der Waals surface area contributed by atoms with Gasteiger partial charge in [-0.2, -0.15) is 0 Å². The zero-order valence-corrected chi connectivity index (χ0v) is 10.9. The molecular formula is C16H16O2. The molecule has 92 valence electrons. The lowest BCUT2D eigenvalue weighted by atomic mass is 10.1. The second-order valence-electron chi connectivity index (χ2n) is 4.45. The standard InChI is InChI=1S/C16H16O2/c1-11-8-9-14(10-13(11)3)18-16(17)15-7-5-4-6-12(15)2/h4-10H,1-3H3. The number of esters is 1. The summed E-state index contributed by atoms with van der Waals surface area (Å²) in [4.78, 5) is 12.0. The van der Waals surface area contributed by atoms with Crippen LogP contribution in [0, 0.1) is 20.8 Å². The van der Waals surface area contributed by atoms with Crippen LogP contribution in [0.25, 0.3) is 0 Å². The van der Waals surface area contributed by atoms with Crippen molar-refractivity contribution in [1.29, 1.82) is 0 Å². The van der Waals surface area contributed by atoms with E-state index in [1.807, 2.05) is 57.2 Å². The van der Waals surface area contributed by atoms with Gasteiger partial charge in [0.05, 0.1) is 5.56 Å². The molecule has 0 aliphatic carbocycles. The maximum absolute atomic E-state index is 12.0. The van der Waals surface area contributed by atoms with E-state index in [1.165, 1.54) is 5.56 Å². The average molecular weight is 240 g/mol. The first kappa shape index (κ1) is 12.4. The van der Waals surface area contributed by atoms with Crippen molar-refractivity contribution < 1.29 is 9.53 Å². The van der Waals surface area contributed by atoms with E-state index >= 15 is 0 Å². The van der Waals surface area contributed by atoms with E-state index < -0.39 is 0 Å². The van der Waals surface area contributed by atoms with Crippen LogP contribution >= 0.6 is 0 Å². The first-order valence-electron chi connectivity index (χ1n) is 5.93. The van der Waals surface area contributed by atoms with Gasteiger partial charge >= 0.3 is 5.97 Å². The quantitative estimate of drug-likeness (QED) is 0.589. The van der Waals surface area contributed by atoms with Gasteiger partial charge in [-0.25, -0.2) is 4.79 Å². The van der Waals surface area contributed by atoms with Gasteiger partial charge < -0.3 is 4.74 Å². The van der Waals surface area contributed by atoms with Crippen LogP contribution < -0.4 is 4.74 Å². The van der Waals surface area contributed by atoms with Gasteiger partial charge in [-0.05, 0) is 55.7 Å². The highest BCUT2D eigenvalue weighted by Crippen LogP contribution is 2.18. The monoisotopic (exact) mass is 240 g/mol. The van der Waals surface area contributed by atoms with E-state index in [1.54, 1.807) is 6.07 Å². The highest BCUT2D eigenvalue weighted by Gasteiger charge is 2.11. The molecule has 0 bridgehead atoms. The maximum atomic E-state index is 12.0. The molecule has 0 atom stereocenters. The van der Waals surface area contributed by atoms with Crippen LogP contribution in [0.4, 0.5) is 0 Å². The molecule has 2 rings (SSSR count). The number of rotatable bonds is 2. The zero-order chi connectivity index (χ0) is 13.1. The van der Waals surface area contributed by atoms with Gasteiger partial charge in [0.2, 0.25) is 0 Å². The van der Waals surface area contributed by atoms with Crippen LogP contribution in [0.5, 0.6) is 5.75 Å². The summed E-state index contributed by atoms with van der Waals surface area (Å²) in [6, 6.07) is 13.1. The Bertz CT molecular complexity index is 585. The number of ether oxygens (including phenoxy) is 1. The van der Waals surface area contributed by atoms with E-state index in [0.29, 0.717) is 11.3 Å². The third kappa shape index (κ3) is 2.59. The van der Waals surface area contributed by atoms with Crippen LogP contribution in [-0.2, 0) is 0 Å². The van der Waals surface area contributed by atoms with E-state index in [9.17, 15) is 4.79 Å². The van der Waals surface area contributed by atoms with Crippen molar-refractivity contribution in [1.82, 2.24) is 0 Å². The fourth-order valence-electron chi connectivity index (χ4n) is 1.74. The maximum Gasteiger partial charge on any atom is 0.343 e. The van der Waals surface area contributed by atoms with Crippen LogP contribution in [0.3, 0.4) is 0 Å². The molecule has 0 saturated heterocycles. The van der Waals surface area contributed by atoms with Crippen LogP contribution in [0.1, 0.15) is 27.0 Å². The van der Waals surface area contributed by atoms with E-state index in [0.717, 1.165) is 11.1 Å². The third-order valence-electron chi connectivity index (χ3n) is 3.05. The molecule has 0 amide bonds. The highest BCUT2D eigenvalue weighted by atomic mass is 16.5. The minimum absolute atomic E-state index is 0.309. The molecule has 18 heavy (non-hydrogen) atoms. The molecule has 0 heterocycles. The molecule has 0 N–H and O–H groups in total. The molecule has 2 nitrogen and oxygen atoms in total. The molecule has 2 aromatic rings. The van der Waals surface area contributed by atoms with Crippen molar-refractivity contribution in [3.8, 4) is 5.75 Å². The van der Waals surface area contributed by atoms with Gasteiger partial charge in [-0.1, -0.05) is 24.3 Å². The highest BCUT2D eigenvalue weighted by molar-refractivity contribution is 5.92. The van der Waals surface area contributed by atoms with Gasteiger partial charge in [-0.3, -0.25) is 0 Å². The molecule has 0 aromatic heterocycles. The predicted octanol–water partition coefficient (Wildman–Crippen LogP) is 3.83. The normalized spacial score (nSPS) is 10.2. The number of hydrogen-bond donors (Lipinski definition) is 0. The van der Waals surface area contributed by atoms with E-state index in [-0.39, 0.29) is 5.97 Å². The number of benzene rings is 2. The summed E-state index contributed by atoms with van der Waals surface area (Å²) in [5.41, 5.74) is 3.83. The summed E-state index contributed by atoms with van der Waals surface area (Å²) >= 11 is 0. The van der Waals surface area contributed by atoms with Crippen molar-refractivity contribution in [2.75, 3.05) is 0 Å². The molecule has 0 saturated carbocycles. The summed E-state index contributed by atoms with van der Waals surface area (Å²) in [6.07, 6.45) is 0. The van der Waals surface area contributed by atoms with E-state index in [4.69, 9.17) is 4.74 Å². The Kier molecular flexibility index (Phi) is 3.47. The Morgan fingerprint density at radius 3 is 2.28 bits per heavy atom. The van der Waals surface area contributed by atoms with Crippen LogP contribution in [0.15, 0.2) is 42.5 Å². The molecule has 0 spiro atoms. The lowest BCUT2D eigenvalue weighted by Crippen LogP contribution is -2.10. The van der Waals surface area contributed by atoms with Crippen LogP contribution in [-0.4, -0.2) is 5.97 Å². The van der Waals surface area contributed by atoms with Crippen molar-refractivity contribution in [3.05, 3.63) is 64.7 Å². The van der Waals surface area contributed by atoms with Gasteiger partial charge in [0.25, 0.3) is 0 Å². The van der Waals surface area contributed by atoms with Crippen LogP contribution in [0.2, 0.25) is 0 Å². The fourth-order valence-corrected chi connectivity index (χ4v) is 1.74. The Balaban J connectivity index is 2.22. The minimum Gasteiger partial charge on any atom is -0.423 e. The molecule has 0 aliphatic rings. The summed E-state index contributed by atoms with van der Waals surface area (Å²) in [7, 11) is 0. The number of aryl methyl sites for hydroxylation is 3. The number of hydrogen-bond acceptors (Lipinski definition) is 2. The molecule has 0 radical (unpaired) electrons. The first-order valence-corrected chi connectivity index (χ1v) is 5.93. The minimum atomic E-state index is -0.309. The lowest BCUT2D eigenvalue weighted by molar-refractivity contribution is 0.0734. The Morgan fingerprint density at radius 2 is 1.61 bits per heavy atom. The SMILES string of the molecule is Cc1ccc(OC(=O)c2ccccc2C)cc1C. The second-order valence-corrected chi connectivity index (χ2v) is 4.45. The lowest BCUT2D eigenvalue weighted by Gasteiger charge is -2.08. The fraction of sp³-hybridized carbons (Fsp3) is 0.188. The predicted molar refractivity (Wildman–Crippen MR) is 72.1 cm³/mol. The molecular weight excluding hydrogens is 224 g/mol. The van der Waals surface area contributed by atoms with Gasteiger partial charge in [0, 0.05) is 0 Å². The van der Waals surface area contributed by atoms with Crippen molar-refractivity contribution >= 4 is 5.97 Å². The summed E-state index contributed by atoms with van der Waals surface area (Å²) < 4.78 is 5.38. The Labute approximate surface area is 107 Å². The first-order chi connectivity index (χ1) is 8.58. The van der Waals surface area contributed by atoms with Crippen molar-refractivity contribution in [2.24, 2.45) is 0 Å². The average Bonchev–Trinajstić information content (AvgIpc) is 2.34. The number of carbonyl (C=O) groups is 1. The molecule has 0 aliphatic heterocycles. The zero-order valence-electron chi connectivity index (χ0n) is 10.9. The summed E-state index contributed by atoms with van der Waals surface area (Å²) in [6.45, 7) is 5.93. The number of carbonyl (C=O) groups excluding carboxylic acids is 1. The van der Waals surface area contributed by atoms with E-state index in [2.05, 4.69) is 0 Å². The smallest absolute Gasteiger partial charge is 0.343 e. The van der Waals surface area contributed by atoms with Crippen molar-refractivity contribution in [2.45, 2.75) is 20.8 Å². The Hall–Kier alpha value is -2.09. The Morgan fingerprint density at radius 1 is 0.889 bits per heavy atom. The largest absolute Gasteiger partial charge is 0.423 e. The summed E-state index contributed by atoms with van der Waals surface area (Å²) in [5, 5.41) is 0. The van der Waals surface area contributed by atoms with Gasteiger partial charge in [-0.15, -0.1) is 0 Å². The topological polar surface area (TPSA) is 26.3 Å². The van der Waals surface area contributed by atoms with Crippen molar-refractivity contribution in [3.63, 3.8) is 0 Å². The molecule has 0 unspecified atom stereocenters. The van der Waals surface area contributed by atoms with Gasteiger partial charge in [0.1, 0.15) is 5.75 Å². The van der Waals surface area contributed by atoms with Gasteiger partial charge in [0.15, 0.2) is 0 Å².